The molecule has 0 unspecified atom stereocenters. The molecule has 23 heavy (non-hydrogen) atoms. The molecule has 0 aliphatic carbocycles. The number of carbonyl (C=O) groups is 2. The predicted octanol–water partition coefficient (Wildman–Crippen LogP) is 2.48. The van der Waals surface area contributed by atoms with Crippen molar-refractivity contribution in [3.63, 3.8) is 0 Å². The van der Waals surface area contributed by atoms with Crippen molar-refractivity contribution < 1.29 is 23.8 Å². The van der Waals surface area contributed by atoms with Crippen molar-refractivity contribution in [2.24, 2.45) is 5.41 Å². The van der Waals surface area contributed by atoms with Crippen LogP contribution in [-0.4, -0.2) is 24.5 Å². The molecule has 2 aliphatic heterocycles. The van der Waals surface area contributed by atoms with Crippen LogP contribution in [-0.2, 0) is 36.2 Å². The second-order valence-electron chi connectivity index (χ2n) is 6.80. The van der Waals surface area contributed by atoms with E-state index < -0.39 is 17.3 Å². The molecule has 0 N–H and O–H groups in total. The molecule has 122 valence electrons. The third-order valence-corrected chi connectivity index (χ3v) is 3.91. The van der Waals surface area contributed by atoms with Gasteiger partial charge in [-0.3, -0.25) is 9.59 Å². The van der Waals surface area contributed by atoms with Gasteiger partial charge in [-0.1, -0.05) is 24.3 Å². The highest BCUT2D eigenvalue weighted by Crippen LogP contribution is 2.41. The molecular weight excluding hydrogens is 296 g/mol. The van der Waals surface area contributed by atoms with E-state index in [0.29, 0.717) is 6.61 Å². The molecule has 0 saturated carbocycles. The Balaban J connectivity index is 1.77. The zero-order valence-corrected chi connectivity index (χ0v) is 13.5. The van der Waals surface area contributed by atoms with Crippen molar-refractivity contribution in [1.82, 2.24) is 0 Å². The van der Waals surface area contributed by atoms with Crippen molar-refractivity contribution in [1.29, 1.82) is 0 Å². The Morgan fingerprint density at radius 3 is 2.83 bits per heavy atom. The van der Waals surface area contributed by atoms with Gasteiger partial charge in [-0.05, 0) is 38.5 Å². The second kappa shape index (κ2) is 5.58. The van der Waals surface area contributed by atoms with Crippen molar-refractivity contribution >= 4 is 11.8 Å². The number of benzene rings is 1. The summed E-state index contributed by atoms with van der Waals surface area (Å²) in [7, 11) is 0. The van der Waals surface area contributed by atoms with Gasteiger partial charge in [0.15, 0.2) is 11.9 Å². The van der Waals surface area contributed by atoms with E-state index in [0.717, 1.165) is 11.1 Å². The van der Waals surface area contributed by atoms with Gasteiger partial charge in [0.2, 0.25) is 5.79 Å². The van der Waals surface area contributed by atoms with E-state index in [-0.39, 0.29) is 18.4 Å². The predicted molar refractivity (Wildman–Crippen MR) is 82.3 cm³/mol. The van der Waals surface area contributed by atoms with E-state index >= 15 is 0 Å². The topological polar surface area (TPSA) is 61.8 Å². The van der Waals surface area contributed by atoms with Gasteiger partial charge in [0.05, 0.1) is 12.0 Å². The Morgan fingerprint density at radius 1 is 1.35 bits per heavy atom. The van der Waals surface area contributed by atoms with Crippen LogP contribution in [0.4, 0.5) is 0 Å². The summed E-state index contributed by atoms with van der Waals surface area (Å²) in [6.45, 7) is 5.58. The first-order chi connectivity index (χ1) is 10.8. The molecule has 2 heterocycles. The third-order valence-electron chi connectivity index (χ3n) is 3.91. The SMILES string of the molecule is CC(C)(C)C(=O)OC[C@H]1O[C@]2(C=CC1=O)OCc1ccccc12. The quantitative estimate of drug-likeness (QED) is 0.785. The Kier molecular flexibility index (Phi) is 3.86. The molecule has 0 bridgehead atoms. The Bertz CT molecular complexity index is 670. The highest BCUT2D eigenvalue weighted by Gasteiger charge is 2.45. The highest BCUT2D eigenvalue weighted by molar-refractivity contribution is 5.94. The van der Waals surface area contributed by atoms with E-state index in [1.807, 2.05) is 24.3 Å². The number of hydrogen-bond acceptors (Lipinski definition) is 5. The fraction of sp³-hybridized carbons (Fsp3) is 0.444. The van der Waals surface area contributed by atoms with Gasteiger partial charge < -0.3 is 14.2 Å². The summed E-state index contributed by atoms with van der Waals surface area (Å²) >= 11 is 0. The van der Waals surface area contributed by atoms with Gasteiger partial charge >= 0.3 is 5.97 Å². The molecule has 2 aliphatic rings. The number of carbonyl (C=O) groups excluding carboxylic acids is 2. The van der Waals surface area contributed by atoms with E-state index in [1.54, 1.807) is 26.8 Å². The summed E-state index contributed by atoms with van der Waals surface area (Å²) < 4.78 is 16.9. The van der Waals surface area contributed by atoms with Crippen LogP contribution in [0.25, 0.3) is 0 Å². The van der Waals surface area contributed by atoms with Crippen LogP contribution in [0, 0.1) is 5.41 Å². The van der Waals surface area contributed by atoms with Crippen LogP contribution < -0.4 is 0 Å². The average Bonchev–Trinajstić information content (AvgIpc) is 2.86. The minimum Gasteiger partial charge on any atom is -0.462 e. The van der Waals surface area contributed by atoms with Crippen LogP contribution in [0.3, 0.4) is 0 Å². The van der Waals surface area contributed by atoms with Crippen LogP contribution in [0.2, 0.25) is 0 Å². The lowest BCUT2D eigenvalue weighted by Crippen LogP contribution is -2.43. The average molecular weight is 316 g/mol. The lowest BCUT2D eigenvalue weighted by atomic mass is 9.97. The molecule has 3 rings (SSSR count). The maximum absolute atomic E-state index is 12.0. The molecule has 0 amide bonds. The van der Waals surface area contributed by atoms with E-state index in [9.17, 15) is 9.59 Å². The number of esters is 1. The number of ether oxygens (including phenoxy) is 3. The summed E-state index contributed by atoms with van der Waals surface area (Å²) in [6.07, 6.45) is 2.21. The summed E-state index contributed by atoms with van der Waals surface area (Å²) in [5.41, 5.74) is 1.29. The number of rotatable bonds is 2. The molecular formula is C18H20O5. The van der Waals surface area contributed by atoms with Crippen LogP contribution in [0.1, 0.15) is 31.9 Å². The number of hydrogen-bond donors (Lipinski definition) is 0. The van der Waals surface area contributed by atoms with Gasteiger partial charge in [0.1, 0.15) is 6.61 Å². The largest absolute Gasteiger partial charge is 0.462 e. The van der Waals surface area contributed by atoms with Crippen molar-refractivity contribution in [3.8, 4) is 0 Å². The fourth-order valence-electron chi connectivity index (χ4n) is 2.58. The third kappa shape index (κ3) is 2.94. The highest BCUT2D eigenvalue weighted by atomic mass is 16.7. The molecule has 0 aromatic heterocycles. The minimum atomic E-state index is -1.07. The minimum absolute atomic E-state index is 0.118. The smallest absolute Gasteiger partial charge is 0.311 e. The summed E-state index contributed by atoms with van der Waals surface area (Å²) in [6, 6.07) is 7.71. The van der Waals surface area contributed by atoms with Crippen molar-refractivity contribution in [3.05, 3.63) is 47.5 Å². The standard InChI is InChI=1S/C18H20O5/c1-17(2,3)16(20)21-11-15-14(19)8-9-18(23-15)13-7-5-4-6-12(13)10-22-18/h4-9,15H,10-11H2,1-3H3/t15-,18+/m1/s1. The maximum Gasteiger partial charge on any atom is 0.311 e. The van der Waals surface area contributed by atoms with Crippen LogP contribution in [0.5, 0.6) is 0 Å². The van der Waals surface area contributed by atoms with Gasteiger partial charge in [-0.2, -0.15) is 0 Å². The van der Waals surface area contributed by atoms with Crippen LogP contribution in [0.15, 0.2) is 36.4 Å². The fourth-order valence-corrected chi connectivity index (χ4v) is 2.58. The molecule has 1 aromatic rings. The second-order valence-corrected chi connectivity index (χ2v) is 6.80. The zero-order chi connectivity index (χ0) is 16.7. The Morgan fingerprint density at radius 2 is 2.09 bits per heavy atom. The monoisotopic (exact) mass is 316 g/mol. The van der Waals surface area contributed by atoms with Crippen LogP contribution >= 0.6 is 0 Å². The van der Waals surface area contributed by atoms with E-state index in [4.69, 9.17) is 14.2 Å². The maximum atomic E-state index is 12.0. The lowest BCUT2D eigenvalue weighted by molar-refractivity contribution is -0.238. The first kappa shape index (κ1) is 15.9. The van der Waals surface area contributed by atoms with E-state index in [2.05, 4.69) is 0 Å². The molecule has 5 nitrogen and oxygen atoms in total. The number of fused-ring (bicyclic) bond motifs is 2. The van der Waals surface area contributed by atoms with Gasteiger partial charge in [-0.25, -0.2) is 0 Å². The summed E-state index contributed by atoms with van der Waals surface area (Å²) in [4.78, 5) is 23.9. The Labute approximate surface area is 135 Å². The first-order valence-electron chi connectivity index (χ1n) is 7.62. The molecule has 5 heteroatoms. The molecule has 0 fully saturated rings. The van der Waals surface area contributed by atoms with Gasteiger partial charge in [0, 0.05) is 5.56 Å². The molecule has 0 saturated heterocycles. The van der Waals surface area contributed by atoms with Crippen molar-refractivity contribution in [2.75, 3.05) is 6.61 Å². The summed E-state index contributed by atoms with van der Waals surface area (Å²) in [5, 5.41) is 0. The van der Waals surface area contributed by atoms with Gasteiger partial charge in [-0.15, -0.1) is 0 Å². The summed E-state index contributed by atoms with van der Waals surface area (Å²) in [5.74, 6) is -1.67. The lowest BCUT2D eigenvalue weighted by Gasteiger charge is -2.33. The van der Waals surface area contributed by atoms with E-state index in [1.165, 1.54) is 6.08 Å². The molecule has 1 spiro atoms. The van der Waals surface area contributed by atoms with Gasteiger partial charge in [0.25, 0.3) is 0 Å². The normalized spacial score (nSPS) is 26.4. The zero-order valence-electron chi connectivity index (χ0n) is 13.5. The molecule has 0 radical (unpaired) electrons. The number of ketones is 1. The molecule has 1 aromatic carbocycles. The Hall–Kier alpha value is -1.98. The van der Waals surface area contributed by atoms with Crippen molar-refractivity contribution in [2.45, 2.75) is 39.3 Å². The molecule has 2 atom stereocenters. The first-order valence-corrected chi connectivity index (χ1v) is 7.62.